The van der Waals surface area contributed by atoms with Crippen molar-refractivity contribution in [3.63, 3.8) is 0 Å². The van der Waals surface area contributed by atoms with Crippen LogP contribution in [0.2, 0.25) is 0 Å². The predicted octanol–water partition coefficient (Wildman–Crippen LogP) is 4.08. The van der Waals surface area contributed by atoms with Gasteiger partial charge in [-0.3, -0.25) is 0 Å². The van der Waals surface area contributed by atoms with Crippen molar-refractivity contribution in [2.75, 3.05) is 13.2 Å². The van der Waals surface area contributed by atoms with Gasteiger partial charge in [0.05, 0.1) is 25.7 Å². The fourth-order valence-corrected chi connectivity index (χ4v) is 3.19. The summed E-state index contributed by atoms with van der Waals surface area (Å²) in [6.45, 7) is 9.96. The van der Waals surface area contributed by atoms with Gasteiger partial charge in [-0.05, 0) is 34.1 Å². The Morgan fingerprint density at radius 3 is 2.33 bits per heavy atom. The Bertz CT molecular complexity index is 252. The predicted molar refractivity (Wildman–Crippen MR) is 76.1 cm³/mol. The number of hydrogen-bond acceptors (Lipinski definition) is 4. The van der Waals surface area contributed by atoms with Crippen LogP contribution in [0.1, 0.15) is 55.2 Å². The minimum Gasteiger partial charge on any atom is -0.322 e. The molecule has 0 aliphatic carbocycles. The topological polar surface area (TPSA) is 45.5 Å². The highest BCUT2D eigenvalue weighted by molar-refractivity contribution is 7.44. The second-order valence-electron chi connectivity index (χ2n) is 4.59. The summed E-state index contributed by atoms with van der Waals surface area (Å²) < 4.78 is 20.9. The third kappa shape index (κ3) is 7.28. The zero-order chi connectivity index (χ0) is 14.7. The molecule has 5 heteroatoms. The lowest BCUT2D eigenvalue weighted by Crippen LogP contribution is -2.33. The summed E-state index contributed by atoms with van der Waals surface area (Å²) in [5.41, 5.74) is 0. The Morgan fingerprint density at radius 2 is 1.83 bits per heavy atom. The van der Waals surface area contributed by atoms with Gasteiger partial charge in [-0.2, -0.15) is 5.26 Å². The standard InChI is InChI=1S/C13H27N2O2P/c1-6-7-10-16-18(17-11-8-9-14)15(12(2)3)13(4)5/h12-13H,6-8,10-11H2,1-5H3/i1T. The minimum atomic E-state index is -1.11. The number of nitrogens with zero attached hydrogens (tertiary/aromatic N) is 2. The molecule has 4 nitrogen and oxygen atoms in total. The zero-order valence-electron chi connectivity index (χ0n) is 13.1. The second kappa shape index (κ2) is 10.7. The summed E-state index contributed by atoms with van der Waals surface area (Å²) in [6.07, 6.45) is 2.12. The third-order valence-electron chi connectivity index (χ3n) is 2.26. The maximum atomic E-state index is 8.58. The molecule has 18 heavy (non-hydrogen) atoms. The smallest absolute Gasteiger partial charge is 0.259 e. The van der Waals surface area contributed by atoms with Gasteiger partial charge in [0, 0.05) is 13.5 Å². The van der Waals surface area contributed by atoms with Gasteiger partial charge in [-0.25, -0.2) is 4.67 Å². The van der Waals surface area contributed by atoms with Crippen molar-refractivity contribution in [3.05, 3.63) is 0 Å². The van der Waals surface area contributed by atoms with E-state index in [0.717, 1.165) is 12.8 Å². The van der Waals surface area contributed by atoms with Crippen LogP contribution in [0.25, 0.3) is 0 Å². The first-order valence-electron chi connectivity index (χ1n) is 7.25. The second-order valence-corrected chi connectivity index (χ2v) is 6.04. The molecule has 0 rings (SSSR count). The van der Waals surface area contributed by atoms with E-state index in [4.69, 9.17) is 15.7 Å². The van der Waals surface area contributed by atoms with Crippen LogP contribution in [0.4, 0.5) is 0 Å². The maximum Gasteiger partial charge on any atom is 0.259 e. The highest BCUT2D eigenvalue weighted by atomic mass is 31.2. The van der Waals surface area contributed by atoms with Crippen LogP contribution in [0, 0.1) is 11.3 Å². The summed E-state index contributed by atoms with van der Waals surface area (Å²) >= 11 is 0. The highest BCUT2D eigenvalue weighted by Gasteiger charge is 2.26. The Balaban J connectivity index is 4.40. The zero-order valence-corrected chi connectivity index (χ0v) is 12.9. The van der Waals surface area contributed by atoms with Crippen molar-refractivity contribution < 1.29 is 10.4 Å². The summed E-state index contributed by atoms with van der Waals surface area (Å²) in [5, 5.41) is 8.58. The monoisotopic (exact) mass is 276 g/mol. The molecule has 0 N–H and O–H groups in total. The maximum absolute atomic E-state index is 8.58. The average Bonchev–Trinajstić information content (AvgIpc) is 2.33. The summed E-state index contributed by atoms with van der Waals surface area (Å²) in [7, 11) is -1.11. The van der Waals surface area contributed by atoms with E-state index >= 15 is 0 Å². The molecule has 0 aromatic rings. The molecular formula is C13H27N2O2P. The first-order chi connectivity index (χ1) is 9.04. The van der Waals surface area contributed by atoms with E-state index in [1.165, 1.54) is 0 Å². The molecule has 0 aromatic heterocycles. The van der Waals surface area contributed by atoms with Gasteiger partial charge in [0.25, 0.3) is 8.53 Å². The quantitative estimate of drug-likeness (QED) is 0.445. The molecule has 0 aromatic carbocycles. The SMILES string of the molecule is [3H]CCCCOP(OCCC#N)N(C(C)C)C(C)C. The average molecular weight is 276 g/mol. The van der Waals surface area contributed by atoms with Gasteiger partial charge >= 0.3 is 0 Å². The van der Waals surface area contributed by atoms with E-state index in [9.17, 15) is 0 Å². The van der Waals surface area contributed by atoms with Crippen LogP contribution in [0.3, 0.4) is 0 Å². The van der Waals surface area contributed by atoms with Crippen molar-refractivity contribution in [3.8, 4) is 6.07 Å². The fraction of sp³-hybridized carbons (Fsp3) is 0.923. The molecule has 0 saturated heterocycles. The number of rotatable bonds is 10. The Kier molecular flexibility index (Phi) is 9.42. The normalized spacial score (nSPS) is 14.0. The van der Waals surface area contributed by atoms with Crippen LogP contribution in [0.5, 0.6) is 0 Å². The van der Waals surface area contributed by atoms with E-state index < -0.39 is 8.53 Å². The summed E-state index contributed by atoms with van der Waals surface area (Å²) in [4.78, 5) is 0. The molecule has 0 bridgehead atoms. The van der Waals surface area contributed by atoms with Gasteiger partial charge < -0.3 is 9.05 Å². The van der Waals surface area contributed by atoms with Crippen molar-refractivity contribution >= 4 is 8.53 Å². The lowest BCUT2D eigenvalue weighted by Gasteiger charge is -2.35. The minimum absolute atomic E-state index is 0.337. The number of unbranched alkanes of at least 4 members (excludes halogenated alkanes) is 1. The molecule has 0 radical (unpaired) electrons. The highest BCUT2D eigenvalue weighted by Crippen LogP contribution is 2.45. The van der Waals surface area contributed by atoms with Crippen LogP contribution in [-0.4, -0.2) is 30.0 Å². The molecule has 0 spiro atoms. The van der Waals surface area contributed by atoms with Crippen molar-refractivity contribution in [2.45, 2.75) is 65.9 Å². The van der Waals surface area contributed by atoms with E-state index in [-0.39, 0.29) is 0 Å². The summed E-state index contributed by atoms with van der Waals surface area (Å²) in [6, 6.07) is 2.76. The van der Waals surface area contributed by atoms with Gasteiger partial charge in [0.2, 0.25) is 0 Å². The van der Waals surface area contributed by atoms with Gasteiger partial charge in [-0.15, -0.1) is 0 Å². The van der Waals surface area contributed by atoms with Crippen LogP contribution < -0.4 is 0 Å². The van der Waals surface area contributed by atoms with E-state index in [2.05, 4.69) is 38.4 Å². The lowest BCUT2D eigenvalue weighted by atomic mass is 10.3. The van der Waals surface area contributed by atoms with Crippen LogP contribution in [0.15, 0.2) is 0 Å². The van der Waals surface area contributed by atoms with E-state index in [0.29, 0.717) is 38.6 Å². The Morgan fingerprint density at radius 1 is 1.22 bits per heavy atom. The van der Waals surface area contributed by atoms with E-state index in [1.54, 1.807) is 0 Å². The first kappa shape index (κ1) is 15.9. The van der Waals surface area contributed by atoms with Gasteiger partial charge in [0.1, 0.15) is 0 Å². The molecule has 106 valence electrons. The van der Waals surface area contributed by atoms with E-state index in [1.807, 2.05) is 0 Å². The molecule has 0 saturated carbocycles. The van der Waals surface area contributed by atoms with Crippen LogP contribution in [-0.2, 0) is 9.05 Å². The van der Waals surface area contributed by atoms with Crippen molar-refractivity contribution in [1.82, 2.24) is 4.67 Å². The van der Waals surface area contributed by atoms with Gasteiger partial charge in [0.15, 0.2) is 0 Å². The Labute approximate surface area is 115 Å². The molecule has 0 fully saturated rings. The molecule has 1 unspecified atom stereocenters. The number of hydrogen-bond donors (Lipinski definition) is 0. The largest absolute Gasteiger partial charge is 0.322 e. The van der Waals surface area contributed by atoms with Crippen molar-refractivity contribution in [1.29, 1.82) is 5.26 Å². The molecule has 0 aliphatic rings. The van der Waals surface area contributed by atoms with Crippen LogP contribution >= 0.6 is 8.53 Å². The number of nitriles is 1. The Hall–Kier alpha value is -0.200. The van der Waals surface area contributed by atoms with Gasteiger partial charge in [-0.1, -0.05) is 13.3 Å². The fourth-order valence-electron chi connectivity index (χ4n) is 1.56. The molecule has 0 heterocycles. The molecular weight excluding hydrogens is 247 g/mol. The molecule has 1 atom stereocenters. The molecule has 0 amide bonds. The van der Waals surface area contributed by atoms with Crippen molar-refractivity contribution in [2.24, 2.45) is 0 Å². The summed E-state index contributed by atoms with van der Waals surface area (Å²) in [5.74, 6) is 0. The lowest BCUT2D eigenvalue weighted by molar-refractivity contribution is 0.175. The molecule has 0 aliphatic heterocycles. The first-order valence-corrected chi connectivity index (χ1v) is 7.68. The third-order valence-corrected chi connectivity index (χ3v) is 4.37.